The molecule has 6 nitrogen and oxygen atoms in total. The van der Waals surface area contributed by atoms with Crippen LogP contribution in [-0.2, 0) is 13.1 Å². The van der Waals surface area contributed by atoms with Gasteiger partial charge in [0.15, 0.2) is 0 Å². The van der Waals surface area contributed by atoms with Crippen LogP contribution < -0.4 is 5.32 Å². The number of nitrogens with one attached hydrogen (secondary N) is 1. The number of rotatable bonds is 6. The molecule has 0 amide bonds. The molecule has 0 saturated carbocycles. The molecule has 1 N–H and O–H groups in total. The Hall–Kier alpha value is -1.89. The monoisotopic (exact) mass is 337 g/mol. The topological polar surface area (TPSA) is 73.0 Å². The molecule has 7 heteroatoms. The van der Waals surface area contributed by atoms with Crippen LogP contribution in [-0.4, -0.2) is 14.7 Å². The Labute approximate surface area is 125 Å². The normalized spacial score (nSPS) is 10.5. The van der Waals surface area contributed by atoms with Gasteiger partial charge in [0.25, 0.3) is 0 Å². The molecule has 1 heterocycles. The molecule has 0 fully saturated rings. The molecule has 0 aliphatic carbocycles. The second-order valence-corrected chi connectivity index (χ2v) is 4.91. The summed E-state index contributed by atoms with van der Waals surface area (Å²) in [7, 11) is 0. The molecule has 0 atom stereocenters. The molecular weight excluding hydrogens is 324 g/mol. The summed E-state index contributed by atoms with van der Waals surface area (Å²) in [6.07, 6.45) is 0.602. The minimum Gasteiger partial charge on any atom is -0.360 e. The second-order valence-electron chi connectivity index (χ2n) is 4.16. The molecule has 0 unspecified atom stereocenters. The van der Waals surface area contributed by atoms with Gasteiger partial charge in [-0.2, -0.15) is 5.10 Å². The van der Waals surface area contributed by atoms with Gasteiger partial charge in [-0.1, -0.05) is 37.3 Å². The first kappa shape index (κ1) is 14.5. The van der Waals surface area contributed by atoms with E-state index >= 15 is 0 Å². The zero-order valence-corrected chi connectivity index (χ0v) is 12.3. The summed E-state index contributed by atoms with van der Waals surface area (Å²) in [4.78, 5) is 10.7. The lowest BCUT2D eigenvalue weighted by molar-refractivity contribution is -0.384. The number of nitrogens with zero attached hydrogens (tertiary/aromatic N) is 3. The molecule has 1 radical (unpaired) electrons. The van der Waals surface area contributed by atoms with Crippen molar-refractivity contribution in [1.82, 2.24) is 9.78 Å². The Bertz CT molecular complexity index is 598. The number of hydrogen-bond donors (Lipinski definition) is 1. The van der Waals surface area contributed by atoms with E-state index in [1.807, 2.05) is 30.3 Å². The van der Waals surface area contributed by atoms with E-state index in [-0.39, 0.29) is 10.3 Å². The van der Waals surface area contributed by atoms with Crippen LogP contribution in [0.15, 0.2) is 34.9 Å². The van der Waals surface area contributed by atoms with Crippen LogP contribution in [0.1, 0.15) is 12.0 Å². The number of hydrogen-bond acceptors (Lipinski definition) is 4. The van der Waals surface area contributed by atoms with Gasteiger partial charge >= 0.3 is 5.69 Å². The number of anilines is 1. The van der Waals surface area contributed by atoms with Crippen LogP contribution in [0, 0.1) is 17.0 Å². The number of aromatic nitrogens is 2. The number of nitro groups is 1. The zero-order valence-electron chi connectivity index (χ0n) is 10.8. The molecule has 1 aromatic carbocycles. The molecule has 2 rings (SSSR count). The first-order chi connectivity index (χ1) is 9.63. The average Bonchev–Trinajstić information content (AvgIpc) is 2.74. The van der Waals surface area contributed by atoms with Gasteiger partial charge < -0.3 is 5.32 Å². The molecule has 0 aliphatic rings. The van der Waals surface area contributed by atoms with Gasteiger partial charge in [0.2, 0.25) is 10.4 Å². The van der Waals surface area contributed by atoms with E-state index < -0.39 is 4.92 Å². The highest BCUT2D eigenvalue weighted by atomic mass is 79.9. The van der Waals surface area contributed by atoms with Crippen molar-refractivity contribution in [3.63, 3.8) is 0 Å². The molecular formula is C13H14BrN4O2. The maximum atomic E-state index is 11.1. The predicted octanol–water partition coefficient (Wildman–Crippen LogP) is 3.39. The summed E-state index contributed by atoms with van der Waals surface area (Å²) in [5.41, 5.74) is 0.995. The van der Waals surface area contributed by atoms with Crippen molar-refractivity contribution < 1.29 is 4.92 Å². The molecule has 0 spiro atoms. The van der Waals surface area contributed by atoms with Gasteiger partial charge in [0.1, 0.15) is 0 Å². The van der Waals surface area contributed by atoms with Gasteiger partial charge in [-0.3, -0.25) is 10.1 Å². The van der Waals surface area contributed by atoms with E-state index in [9.17, 15) is 10.1 Å². The minimum absolute atomic E-state index is 0.0469. The molecule has 1 aromatic heterocycles. The Morgan fingerprint density at radius 1 is 1.40 bits per heavy atom. The van der Waals surface area contributed by atoms with Gasteiger partial charge in [0.05, 0.1) is 4.92 Å². The molecule has 20 heavy (non-hydrogen) atoms. The average molecular weight is 338 g/mol. The van der Waals surface area contributed by atoms with E-state index in [2.05, 4.69) is 33.3 Å². The third-order valence-electron chi connectivity index (χ3n) is 2.74. The Morgan fingerprint density at radius 3 is 2.70 bits per heavy atom. The van der Waals surface area contributed by atoms with Crippen molar-refractivity contribution in [2.24, 2.45) is 0 Å². The first-order valence-electron chi connectivity index (χ1n) is 6.11. The highest BCUT2D eigenvalue weighted by Crippen LogP contribution is 2.33. The molecule has 105 valence electrons. The summed E-state index contributed by atoms with van der Waals surface area (Å²) in [6, 6.07) is 9.69. The maximum Gasteiger partial charge on any atom is 0.345 e. The second kappa shape index (κ2) is 6.51. The summed E-state index contributed by atoms with van der Waals surface area (Å²) in [5, 5.41) is 18.3. The van der Waals surface area contributed by atoms with E-state index in [0.717, 1.165) is 5.56 Å². The molecule has 2 aromatic rings. The van der Waals surface area contributed by atoms with Crippen molar-refractivity contribution in [3.8, 4) is 0 Å². The van der Waals surface area contributed by atoms with E-state index in [4.69, 9.17) is 0 Å². The third kappa shape index (κ3) is 3.16. The Morgan fingerprint density at radius 2 is 2.10 bits per heavy atom. The molecule has 0 saturated heterocycles. The van der Waals surface area contributed by atoms with Gasteiger partial charge in [-0.25, -0.2) is 4.68 Å². The van der Waals surface area contributed by atoms with Crippen LogP contribution >= 0.6 is 15.9 Å². The quantitative estimate of drug-likeness (QED) is 0.647. The largest absolute Gasteiger partial charge is 0.360 e. The van der Waals surface area contributed by atoms with Crippen molar-refractivity contribution >= 4 is 27.4 Å². The van der Waals surface area contributed by atoms with Crippen LogP contribution in [0.5, 0.6) is 0 Å². The van der Waals surface area contributed by atoms with Crippen LogP contribution in [0.4, 0.5) is 11.5 Å². The van der Waals surface area contributed by atoms with Crippen LogP contribution in [0.25, 0.3) is 0 Å². The SMILES string of the molecule is [CH2]CCn1nc(Br)c([N+](=O)[O-])c1NCc1ccccc1. The first-order valence-corrected chi connectivity index (χ1v) is 6.90. The zero-order chi connectivity index (χ0) is 14.5. The minimum atomic E-state index is -0.440. The third-order valence-corrected chi connectivity index (χ3v) is 3.28. The Balaban J connectivity index is 2.26. The predicted molar refractivity (Wildman–Crippen MR) is 80.3 cm³/mol. The number of benzene rings is 1. The van der Waals surface area contributed by atoms with Gasteiger partial charge in [-0.05, 0) is 27.9 Å². The molecule has 0 aliphatic heterocycles. The van der Waals surface area contributed by atoms with Crippen molar-refractivity contribution in [3.05, 3.63) is 57.5 Å². The van der Waals surface area contributed by atoms with Crippen LogP contribution in [0.2, 0.25) is 0 Å². The fourth-order valence-electron chi connectivity index (χ4n) is 1.85. The van der Waals surface area contributed by atoms with Crippen LogP contribution in [0.3, 0.4) is 0 Å². The van der Waals surface area contributed by atoms with Crippen molar-refractivity contribution in [2.45, 2.75) is 19.5 Å². The fourth-order valence-corrected chi connectivity index (χ4v) is 2.38. The lowest BCUT2D eigenvalue weighted by Gasteiger charge is -2.08. The smallest absolute Gasteiger partial charge is 0.345 e. The lowest BCUT2D eigenvalue weighted by atomic mass is 10.2. The summed E-state index contributed by atoms with van der Waals surface area (Å²) in [6.45, 7) is 4.76. The summed E-state index contributed by atoms with van der Waals surface area (Å²) in [5.74, 6) is 0.398. The van der Waals surface area contributed by atoms with E-state index in [1.54, 1.807) is 4.68 Å². The number of aryl methyl sites for hydroxylation is 1. The van der Waals surface area contributed by atoms with Crippen molar-refractivity contribution in [2.75, 3.05) is 5.32 Å². The fraction of sp³-hybridized carbons (Fsp3) is 0.231. The van der Waals surface area contributed by atoms with Crippen molar-refractivity contribution in [1.29, 1.82) is 0 Å². The summed E-state index contributed by atoms with van der Waals surface area (Å²) >= 11 is 3.13. The Kier molecular flexibility index (Phi) is 4.73. The highest BCUT2D eigenvalue weighted by Gasteiger charge is 2.26. The summed E-state index contributed by atoms with van der Waals surface area (Å²) < 4.78 is 1.80. The highest BCUT2D eigenvalue weighted by molar-refractivity contribution is 9.10. The standard InChI is InChI=1S/C13H14BrN4O2/c1-2-8-17-13(11(18(19)20)12(14)16-17)15-9-10-6-4-3-5-7-10/h3-7,15H,1-2,8-9H2. The van der Waals surface area contributed by atoms with E-state index in [1.165, 1.54) is 0 Å². The number of halogens is 1. The lowest BCUT2D eigenvalue weighted by Crippen LogP contribution is -2.09. The van der Waals surface area contributed by atoms with E-state index in [0.29, 0.717) is 25.3 Å². The van der Waals surface area contributed by atoms with Gasteiger partial charge in [-0.15, -0.1) is 0 Å². The van der Waals surface area contributed by atoms with Gasteiger partial charge in [0, 0.05) is 13.1 Å². The maximum absolute atomic E-state index is 11.1. The molecule has 0 bridgehead atoms.